The fraction of sp³-hybridized carbons (Fsp3) is 0.214. The molecule has 2 N–H and O–H groups in total. The summed E-state index contributed by atoms with van der Waals surface area (Å²) in [5.41, 5.74) is 9.39. The summed E-state index contributed by atoms with van der Waals surface area (Å²) in [6.45, 7) is 1.80. The van der Waals surface area contributed by atoms with Crippen molar-refractivity contribution in [2.45, 2.75) is 13.0 Å². The number of fused-ring (bicyclic) bond motifs is 1. The van der Waals surface area contributed by atoms with Gasteiger partial charge in [0.25, 0.3) is 0 Å². The van der Waals surface area contributed by atoms with Crippen molar-refractivity contribution >= 4 is 23.1 Å². The number of hydrogen-bond donors (Lipinski definition) is 1. The largest absolute Gasteiger partial charge is 0.396 e. The summed E-state index contributed by atoms with van der Waals surface area (Å²) in [4.78, 5) is 6.55. The first kappa shape index (κ1) is 11.4. The van der Waals surface area contributed by atoms with E-state index < -0.39 is 0 Å². The number of halogens is 1. The van der Waals surface area contributed by atoms with Crippen LogP contribution in [-0.2, 0) is 13.0 Å². The van der Waals surface area contributed by atoms with E-state index >= 15 is 0 Å². The van der Waals surface area contributed by atoms with E-state index in [4.69, 9.17) is 17.3 Å². The average molecular weight is 260 g/mol. The lowest BCUT2D eigenvalue weighted by atomic mass is 10.00. The Kier molecular flexibility index (Phi) is 2.84. The molecule has 0 spiro atoms. The second-order valence-corrected chi connectivity index (χ2v) is 4.94. The smallest absolute Gasteiger partial charge is 0.152 e. The number of anilines is 2. The lowest BCUT2D eigenvalue weighted by molar-refractivity contribution is 0.722. The van der Waals surface area contributed by atoms with Crippen LogP contribution in [0, 0.1) is 0 Å². The first-order chi connectivity index (χ1) is 8.74. The SMILES string of the molecule is Nc1cc(Cl)cnc1N1CCc2ccccc2C1. The zero-order chi connectivity index (χ0) is 12.5. The molecular weight excluding hydrogens is 246 g/mol. The Hall–Kier alpha value is -1.74. The van der Waals surface area contributed by atoms with Crippen LogP contribution in [0.3, 0.4) is 0 Å². The van der Waals surface area contributed by atoms with Crippen molar-refractivity contribution < 1.29 is 0 Å². The van der Waals surface area contributed by atoms with Crippen LogP contribution in [0.15, 0.2) is 36.5 Å². The van der Waals surface area contributed by atoms with Gasteiger partial charge in [0.2, 0.25) is 0 Å². The fourth-order valence-corrected chi connectivity index (χ4v) is 2.55. The van der Waals surface area contributed by atoms with Crippen molar-refractivity contribution in [3.05, 3.63) is 52.7 Å². The normalized spacial score (nSPS) is 14.4. The topological polar surface area (TPSA) is 42.1 Å². The van der Waals surface area contributed by atoms with Crippen molar-refractivity contribution in [1.82, 2.24) is 4.98 Å². The first-order valence-electron chi connectivity index (χ1n) is 5.97. The lowest BCUT2D eigenvalue weighted by Gasteiger charge is -2.30. The first-order valence-corrected chi connectivity index (χ1v) is 6.34. The second kappa shape index (κ2) is 4.50. The van der Waals surface area contributed by atoms with E-state index in [0.717, 1.165) is 25.3 Å². The molecule has 18 heavy (non-hydrogen) atoms. The van der Waals surface area contributed by atoms with Crippen molar-refractivity contribution in [1.29, 1.82) is 0 Å². The zero-order valence-corrected chi connectivity index (χ0v) is 10.7. The van der Waals surface area contributed by atoms with Crippen LogP contribution < -0.4 is 10.6 Å². The Morgan fingerprint density at radius 3 is 2.78 bits per heavy atom. The average Bonchev–Trinajstić information content (AvgIpc) is 2.38. The van der Waals surface area contributed by atoms with Crippen LogP contribution in [0.1, 0.15) is 11.1 Å². The molecule has 2 aromatic rings. The van der Waals surface area contributed by atoms with Gasteiger partial charge >= 0.3 is 0 Å². The Balaban J connectivity index is 1.92. The van der Waals surface area contributed by atoms with E-state index in [1.54, 1.807) is 12.3 Å². The molecule has 0 radical (unpaired) electrons. The molecule has 1 aliphatic heterocycles. The quantitative estimate of drug-likeness (QED) is 0.856. The van der Waals surface area contributed by atoms with E-state index in [1.807, 2.05) is 0 Å². The summed E-state index contributed by atoms with van der Waals surface area (Å²) in [6, 6.07) is 10.3. The molecule has 1 aromatic carbocycles. The molecule has 0 aliphatic carbocycles. The molecule has 3 nitrogen and oxygen atoms in total. The van der Waals surface area contributed by atoms with Crippen molar-refractivity contribution in [3.63, 3.8) is 0 Å². The van der Waals surface area contributed by atoms with Gasteiger partial charge < -0.3 is 10.6 Å². The Labute approximate surface area is 111 Å². The third-order valence-corrected chi connectivity index (χ3v) is 3.50. The minimum absolute atomic E-state index is 0.577. The van der Waals surface area contributed by atoms with Crippen LogP contribution in [0.4, 0.5) is 11.5 Å². The van der Waals surface area contributed by atoms with E-state index in [1.165, 1.54) is 11.1 Å². The van der Waals surface area contributed by atoms with E-state index in [-0.39, 0.29) is 0 Å². The minimum Gasteiger partial charge on any atom is -0.396 e. The van der Waals surface area contributed by atoms with Crippen LogP contribution in [0.5, 0.6) is 0 Å². The van der Waals surface area contributed by atoms with Crippen LogP contribution in [-0.4, -0.2) is 11.5 Å². The highest BCUT2D eigenvalue weighted by Gasteiger charge is 2.18. The number of benzene rings is 1. The molecule has 0 atom stereocenters. The molecule has 0 fully saturated rings. The third kappa shape index (κ3) is 2.02. The van der Waals surface area contributed by atoms with Gasteiger partial charge in [-0.15, -0.1) is 0 Å². The van der Waals surface area contributed by atoms with Crippen molar-refractivity contribution in [3.8, 4) is 0 Å². The Bertz CT molecular complexity index is 583. The predicted molar refractivity (Wildman–Crippen MR) is 74.9 cm³/mol. The van der Waals surface area contributed by atoms with Gasteiger partial charge in [-0.05, 0) is 23.6 Å². The summed E-state index contributed by atoms with van der Waals surface area (Å²) >= 11 is 5.88. The number of pyridine rings is 1. The number of nitrogens with zero attached hydrogens (tertiary/aromatic N) is 2. The highest BCUT2D eigenvalue weighted by atomic mass is 35.5. The van der Waals surface area contributed by atoms with Crippen LogP contribution in [0.2, 0.25) is 5.02 Å². The highest BCUT2D eigenvalue weighted by molar-refractivity contribution is 6.30. The van der Waals surface area contributed by atoms with Gasteiger partial charge in [0, 0.05) is 19.3 Å². The molecule has 3 rings (SSSR count). The van der Waals surface area contributed by atoms with Gasteiger partial charge in [0.1, 0.15) is 0 Å². The maximum Gasteiger partial charge on any atom is 0.152 e. The highest BCUT2D eigenvalue weighted by Crippen LogP contribution is 2.28. The zero-order valence-electron chi connectivity index (χ0n) is 9.94. The Morgan fingerprint density at radius 1 is 1.22 bits per heavy atom. The van der Waals surface area contributed by atoms with Crippen LogP contribution in [0.25, 0.3) is 0 Å². The molecule has 0 bridgehead atoms. The van der Waals surface area contributed by atoms with Crippen molar-refractivity contribution in [2.75, 3.05) is 17.2 Å². The van der Waals surface area contributed by atoms with E-state index in [9.17, 15) is 0 Å². The van der Waals surface area contributed by atoms with Gasteiger partial charge in [0.05, 0.1) is 10.7 Å². The summed E-state index contributed by atoms with van der Waals surface area (Å²) in [5.74, 6) is 0.828. The van der Waals surface area contributed by atoms with Gasteiger partial charge in [-0.2, -0.15) is 0 Å². The number of nitrogen functional groups attached to an aromatic ring is 1. The molecule has 0 saturated carbocycles. The molecular formula is C14H14ClN3. The lowest BCUT2D eigenvalue weighted by Crippen LogP contribution is -2.31. The van der Waals surface area contributed by atoms with Crippen molar-refractivity contribution in [2.24, 2.45) is 0 Å². The monoisotopic (exact) mass is 259 g/mol. The minimum atomic E-state index is 0.577. The molecule has 0 unspecified atom stereocenters. The molecule has 1 aliphatic rings. The van der Waals surface area contributed by atoms with Gasteiger partial charge in [0.15, 0.2) is 5.82 Å². The van der Waals surface area contributed by atoms with Gasteiger partial charge in [-0.25, -0.2) is 4.98 Å². The maximum absolute atomic E-state index is 5.98. The fourth-order valence-electron chi connectivity index (χ4n) is 2.39. The van der Waals surface area contributed by atoms with Crippen LogP contribution >= 0.6 is 11.6 Å². The summed E-state index contributed by atoms with van der Waals surface area (Å²) in [5, 5.41) is 0.577. The summed E-state index contributed by atoms with van der Waals surface area (Å²) in [7, 11) is 0. The maximum atomic E-state index is 5.98. The molecule has 4 heteroatoms. The Morgan fingerprint density at radius 2 is 2.00 bits per heavy atom. The second-order valence-electron chi connectivity index (χ2n) is 4.51. The number of aromatic nitrogens is 1. The number of nitrogens with two attached hydrogens (primary N) is 1. The standard InChI is InChI=1S/C14H14ClN3/c15-12-7-13(16)14(17-8-12)18-6-5-10-3-1-2-4-11(10)9-18/h1-4,7-8H,5-6,9,16H2. The predicted octanol–water partition coefficient (Wildman–Crippen LogP) is 2.88. The molecule has 0 saturated heterocycles. The molecule has 0 amide bonds. The molecule has 1 aromatic heterocycles. The summed E-state index contributed by atoms with van der Waals surface area (Å²) < 4.78 is 0. The van der Waals surface area contributed by atoms with E-state index in [0.29, 0.717) is 10.7 Å². The summed E-state index contributed by atoms with van der Waals surface area (Å²) in [6.07, 6.45) is 2.67. The number of rotatable bonds is 1. The van der Waals surface area contributed by atoms with Gasteiger partial charge in [-0.3, -0.25) is 0 Å². The van der Waals surface area contributed by atoms with Gasteiger partial charge in [-0.1, -0.05) is 35.9 Å². The molecule has 92 valence electrons. The van der Waals surface area contributed by atoms with E-state index in [2.05, 4.69) is 34.1 Å². The molecule has 2 heterocycles. The third-order valence-electron chi connectivity index (χ3n) is 3.29. The number of hydrogen-bond acceptors (Lipinski definition) is 3.